The molecule has 0 aliphatic heterocycles. The minimum Gasteiger partial charge on any atom is -0.396 e. The lowest BCUT2D eigenvalue weighted by molar-refractivity contribution is 0.103. The van der Waals surface area contributed by atoms with Gasteiger partial charge in [-0.25, -0.2) is 0 Å². The van der Waals surface area contributed by atoms with Gasteiger partial charge in [0.2, 0.25) is 0 Å². The van der Waals surface area contributed by atoms with Gasteiger partial charge >= 0.3 is 0 Å². The summed E-state index contributed by atoms with van der Waals surface area (Å²) in [5.41, 5.74) is 0.441. The van der Waals surface area contributed by atoms with Gasteiger partial charge in [-0.2, -0.15) is 0 Å². The van der Waals surface area contributed by atoms with E-state index < -0.39 is 0 Å². The van der Waals surface area contributed by atoms with Crippen molar-refractivity contribution in [2.75, 3.05) is 13.2 Å². The lowest BCUT2D eigenvalue weighted by atomic mass is 9.82. The third-order valence-electron chi connectivity index (χ3n) is 4.43. The highest BCUT2D eigenvalue weighted by molar-refractivity contribution is 4.91. The molecule has 0 bridgehead atoms. The zero-order valence-corrected chi connectivity index (χ0v) is 10.6. The van der Waals surface area contributed by atoms with Crippen molar-refractivity contribution in [3.05, 3.63) is 0 Å². The average molecular weight is 213 g/mol. The minimum atomic E-state index is 0.103. The summed E-state index contributed by atoms with van der Waals surface area (Å²) in [6, 6.07) is 0. The van der Waals surface area contributed by atoms with Crippen LogP contribution < -0.4 is 5.32 Å². The molecule has 0 aromatic carbocycles. The molecular formula is C13H27NO. The third kappa shape index (κ3) is 3.18. The van der Waals surface area contributed by atoms with Gasteiger partial charge in [0.15, 0.2) is 0 Å². The van der Waals surface area contributed by atoms with Crippen molar-refractivity contribution in [3.8, 4) is 0 Å². The van der Waals surface area contributed by atoms with Crippen LogP contribution in [0.1, 0.15) is 59.3 Å². The first-order chi connectivity index (χ1) is 7.10. The maximum atomic E-state index is 9.49. The molecular weight excluding hydrogens is 186 g/mol. The topological polar surface area (TPSA) is 32.3 Å². The minimum absolute atomic E-state index is 0.103. The zero-order chi connectivity index (χ0) is 11.4. The molecule has 0 aromatic heterocycles. The van der Waals surface area contributed by atoms with Crippen molar-refractivity contribution in [3.63, 3.8) is 0 Å². The molecule has 0 saturated heterocycles. The van der Waals surface area contributed by atoms with Gasteiger partial charge < -0.3 is 10.4 Å². The molecule has 0 atom stereocenters. The number of hydrogen-bond donors (Lipinski definition) is 2. The molecule has 15 heavy (non-hydrogen) atoms. The molecule has 1 rings (SSSR count). The van der Waals surface area contributed by atoms with Gasteiger partial charge in [0.1, 0.15) is 0 Å². The van der Waals surface area contributed by atoms with Crippen LogP contribution in [-0.4, -0.2) is 23.8 Å². The van der Waals surface area contributed by atoms with Crippen molar-refractivity contribution in [2.24, 2.45) is 5.41 Å². The first-order valence-electron chi connectivity index (χ1n) is 6.46. The van der Waals surface area contributed by atoms with Crippen LogP contribution in [0.4, 0.5) is 0 Å². The lowest BCUT2D eigenvalue weighted by Gasteiger charge is -2.35. The van der Waals surface area contributed by atoms with Gasteiger partial charge in [-0.3, -0.25) is 0 Å². The first-order valence-corrected chi connectivity index (χ1v) is 6.46. The Balaban J connectivity index is 2.45. The van der Waals surface area contributed by atoms with Gasteiger partial charge in [-0.15, -0.1) is 0 Å². The molecule has 0 amide bonds. The molecule has 2 heteroatoms. The Morgan fingerprint density at radius 2 is 1.73 bits per heavy atom. The Hall–Kier alpha value is -0.0800. The van der Waals surface area contributed by atoms with Crippen LogP contribution in [0.3, 0.4) is 0 Å². The van der Waals surface area contributed by atoms with Crippen molar-refractivity contribution in [1.29, 1.82) is 0 Å². The predicted octanol–water partition coefficient (Wildman–Crippen LogP) is 2.71. The van der Waals surface area contributed by atoms with E-state index in [2.05, 4.69) is 26.1 Å². The Morgan fingerprint density at radius 3 is 2.13 bits per heavy atom. The van der Waals surface area contributed by atoms with E-state index in [9.17, 15) is 5.11 Å². The van der Waals surface area contributed by atoms with Crippen LogP contribution in [-0.2, 0) is 0 Å². The highest BCUT2D eigenvalue weighted by atomic mass is 16.3. The van der Waals surface area contributed by atoms with Gasteiger partial charge in [-0.05, 0) is 32.6 Å². The van der Waals surface area contributed by atoms with E-state index in [0.717, 1.165) is 19.4 Å². The number of nitrogens with one attached hydrogen (secondary N) is 1. The SMILES string of the molecule is CCC(CC)(CO)CNC1(C)CCCC1. The second-order valence-corrected chi connectivity index (χ2v) is 5.49. The van der Waals surface area contributed by atoms with E-state index in [1.54, 1.807) is 0 Å². The lowest BCUT2D eigenvalue weighted by Crippen LogP contribution is -2.47. The van der Waals surface area contributed by atoms with E-state index in [4.69, 9.17) is 0 Å². The van der Waals surface area contributed by atoms with Crippen molar-refractivity contribution >= 4 is 0 Å². The molecule has 0 heterocycles. The highest BCUT2D eigenvalue weighted by Gasteiger charge is 2.32. The van der Waals surface area contributed by atoms with Crippen LogP contribution in [0.25, 0.3) is 0 Å². The molecule has 1 aliphatic carbocycles. The molecule has 2 N–H and O–H groups in total. The van der Waals surface area contributed by atoms with Crippen LogP contribution in [0.15, 0.2) is 0 Å². The molecule has 1 fully saturated rings. The van der Waals surface area contributed by atoms with E-state index >= 15 is 0 Å². The van der Waals surface area contributed by atoms with E-state index in [0.29, 0.717) is 12.1 Å². The highest BCUT2D eigenvalue weighted by Crippen LogP contribution is 2.31. The number of aliphatic hydroxyl groups is 1. The summed E-state index contributed by atoms with van der Waals surface area (Å²) >= 11 is 0. The maximum absolute atomic E-state index is 9.49. The van der Waals surface area contributed by atoms with Crippen LogP contribution >= 0.6 is 0 Å². The van der Waals surface area contributed by atoms with Crippen LogP contribution in [0, 0.1) is 5.41 Å². The van der Waals surface area contributed by atoms with E-state index in [1.807, 2.05) is 0 Å². The van der Waals surface area contributed by atoms with Crippen molar-refractivity contribution in [1.82, 2.24) is 5.32 Å². The Bertz CT molecular complexity index is 173. The fourth-order valence-electron chi connectivity index (χ4n) is 2.51. The van der Waals surface area contributed by atoms with Crippen LogP contribution in [0.5, 0.6) is 0 Å². The third-order valence-corrected chi connectivity index (χ3v) is 4.43. The summed E-state index contributed by atoms with van der Waals surface area (Å²) in [7, 11) is 0. The summed E-state index contributed by atoms with van der Waals surface area (Å²) in [6.45, 7) is 7.96. The summed E-state index contributed by atoms with van der Waals surface area (Å²) < 4.78 is 0. The second-order valence-electron chi connectivity index (χ2n) is 5.49. The average Bonchev–Trinajstić information content (AvgIpc) is 2.69. The van der Waals surface area contributed by atoms with Crippen molar-refractivity contribution < 1.29 is 5.11 Å². The smallest absolute Gasteiger partial charge is 0.0499 e. The first kappa shape index (κ1) is 13.0. The Kier molecular flexibility index (Phi) is 4.60. The molecule has 90 valence electrons. The monoisotopic (exact) mass is 213 g/mol. The van der Waals surface area contributed by atoms with Gasteiger partial charge in [-0.1, -0.05) is 26.7 Å². The molecule has 2 nitrogen and oxygen atoms in total. The van der Waals surface area contributed by atoms with E-state index in [-0.39, 0.29) is 5.41 Å². The summed E-state index contributed by atoms with van der Waals surface area (Å²) in [5.74, 6) is 0. The molecule has 0 radical (unpaired) electrons. The molecule has 0 aromatic rings. The van der Waals surface area contributed by atoms with Gasteiger partial charge in [0, 0.05) is 24.1 Å². The number of aliphatic hydroxyl groups excluding tert-OH is 1. The van der Waals surface area contributed by atoms with E-state index in [1.165, 1.54) is 25.7 Å². The predicted molar refractivity (Wildman–Crippen MR) is 65.0 cm³/mol. The standard InChI is InChI=1S/C13H27NO/c1-4-13(5-2,11-15)10-14-12(3)8-6-7-9-12/h14-15H,4-11H2,1-3H3. The molecule has 0 spiro atoms. The van der Waals surface area contributed by atoms with Crippen molar-refractivity contribution in [2.45, 2.75) is 64.8 Å². The maximum Gasteiger partial charge on any atom is 0.0499 e. The molecule has 1 aliphatic rings. The number of rotatable bonds is 6. The quantitative estimate of drug-likeness (QED) is 0.711. The number of hydrogen-bond acceptors (Lipinski definition) is 2. The molecule has 1 saturated carbocycles. The Labute approximate surface area is 94.5 Å². The molecule has 0 unspecified atom stereocenters. The summed E-state index contributed by atoms with van der Waals surface area (Å²) in [5, 5.41) is 13.2. The fraction of sp³-hybridized carbons (Fsp3) is 1.00. The van der Waals surface area contributed by atoms with Gasteiger partial charge in [0.05, 0.1) is 0 Å². The summed E-state index contributed by atoms with van der Waals surface area (Å²) in [6.07, 6.45) is 7.41. The summed E-state index contributed by atoms with van der Waals surface area (Å²) in [4.78, 5) is 0. The zero-order valence-electron chi connectivity index (χ0n) is 10.6. The van der Waals surface area contributed by atoms with Gasteiger partial charge in [0.25, 0.3) is 0 Å². The normalized spacial score (nSPS) is 20.8. The van der Waals surface area contributed by atoms with Crippen LogP contribution in [0.2, 0.25) is 0 Å². The second kappa shape index (κ2) is 5.31. The largest absolute Gasteiger partial charge is 0.396 e. The fourth-order valence-corrected chi connectivity index (χ4v) is 2.51. The Morgan fingerprint density at radius 1 is 1.20 bits per heavy atom.